The lowest BCUT2D eigenvalue weighted by molar-refractivity contribution is -0.155. The van der Waals surface area contributed by atoms with Crippen molar-refractivity contribution in [3.63, 3.8) is 0 Å². The number of nitrogens with zero attached hydrogens (tertiary/aromatic N) is 1. The standard InChI is InChI=1S/C16H28N2O2S/c1-5-13-16(20)18(14(10(2)3)15(19)17-13)11-7-6-8-12(9-11)21-4/h10-14H,5-9H2,1-4H3,(H,17,19). The van der Waals surface area contributed by atoms with Crippen LogP contribution in [0.3, 0.4) is 0 Å². The van der Waals surface area contributed by atoms with Crippen LogP contribution in [0, 0.1) is 5.92 Å². The maximum Gasteiger partial charge on any atom is 0.246 e. The van der Waals surface area contributed by atoms with E-state index >= 15 is 0 Å². The second kappa shape index (κ2) is 7.03. The summed E-state index contributed by atoms with van der Waals surface area (Å²) in [5.41, 5.74) is 0. The van der Waals surface area contributed by atoms with Gasteiger partial charge in [-0.1, -0.05) is 27.2 Å². The Bertz CT molecular complexity index is 400. The molecule has 1 saturated heterocycles. The third-order valence-electron chi connectivity index (χ3n) is 4.80. The predicted molar refractivity (Wildman–Crippen MR) is 87.3 cm³/mol. The molecule has 1 heterocycles. The van der Waals surface area contributed by atoms with Crippen LogP contribution in [0.15, 0.2) is 0 Å². The van der Waals surface area contributed by atoms with E-state index in [1.165, 1.54) is 6.42 Å². The molecule has 1 saturated carbocycles. The topological polar surface area (TPSA) is 49.4 Å². The first-order chi connectivity index (χ1) is 9.99. The number of carbonyl (C=O) groups is 2. The Kier molecular flexibility index (Phi) is 5.58. The molecule has 0 aromatic rings. The van der Waals surface area contributed by atoms with Crippen LogP contribution in [0.1, 0.15) is 52.9 Å². The molecule has 1 aliphatic heterocycles. The van der Waals surface area contributed by atoms with E-state index in [0.29, 0.717) is 11.7 Å². The van der Waals surface area contributed by atoms with E-state index in [1.807, 2.05) is 37.4 Å². The van der Waals surface area contributed by atoms with Crippen molar-refractivity contribution in [2.75, 3.05) is 6.26 Å². The van der Waals surface area contributed by atoms with Crippen molar-refractivity contribution in [1.82, 2.24) is 10.2 Å². The second-order valence-corrected chi connectivity index (χ2v) is 7.72. The van der Waals surface area contributed by atoms with Crippen LogP contribution in [-0.2, 0) is 9.59 Å². The van der Waals surface area contributed by atoms with Gasteiger partial charge in [-0.3, -0.25) is 9.59 Å². The average Bonchev–Trinajstić information content (AvgIpc) is 2.48. The van der Waals surface area contributed by atoms with Crippen LogP contribution in [0.5, 0.6) is 0 Å². The van der Waals surface area contributed by atoms with Crippen molar-refractivity contribution >= 4 is 23.6 Å². The molecular formula is C16H28N2O2S. The number of amides is 2. The molecule has 0 spiro atoms. The third kappa shape index (κ3) is 3.38. The smallest absolute Gasteiger partial charge is 0.246 e. The fourth-order valence-corrected chi connectivity index (χ4v) is 4.47. The molecule has 2 fully saturated rings. The van der Waals surface area contributed by atoms with Crippen molar-refractivity contribution in [2.45, 2.75) is 76.3 Å². The molecule has 0 bridgehead atoms. The fraction of sp³-hybridized carbons (Fsp3) is 0.875. The van der Waals surface area contributed by atoms with Crippen LogP contribution >= 0.6 is 11.8 Å². The summed E-state index contributed by atoms with van der Waals surface area (Å²) in [7, 11) is 0. The molecule has 120 valence electrons. The highest BCUT2D eigenvalue weighted by Gasteiger charge is 2.45. The van der Waals surface area contributed by atoms with E-state index in [0.717, 1.165) is 19.3 Å². The number of rotatable bonds is 4. The van der Waals surface area contributed by atoms with Gasteiger partial charge in [0.2, 0.25) is 11.8 Å². The lowest BCUT2D eigenvalue weighted by Gasteiger charge is -2.47. The summed E-state index contributed by atoms with van der Waals surface area (Å²) in [5, 5.41) is 3.53. The summed E-state index contributed by atoms with van der Waals surface area (Å²) >= 11 is 1.89. The summed E-state index contributed by atoms with van der Waals surface area (Å²) in [6.07, 6.45) is 7.27. The fourth-order valence-electron chi connectivity index (χ4n) is 3.66. The number of hydrogen-bond acceptors (Lipinski definition) is 3. The van der Waals surface area contributed by atoms with Crippen LogP contribution in [0.2, 0.25) is 0 Å². The monoisotopic (exact) mass is 312 g/mol. The number of nitrogens with one attached hydrogen (secondary N) is 1. The Balaban J connectivity index is 2.25. The molecule has 0 aromatic heterocycles. The summed E-state index contributed by atoms with van der Waals surface area (Å²) in [5.74, 6) is 0.312. The van der Waals surface area contributed by atoms with Gasteiger partial charge in [0, 0.05) is 11.3 Å². The van der Waals surface area contributed by atoms with Gasteiger partial charge in [0.15, 0.2) is 0 Å². The highest BCUT2D eigenvalue weighted by molar-refractivity contribution is 7.99. The van der Waals surface area contributed by atoms with E-state index < -0.39 is 0 Å². The number of carbonyl (C=O) groups excluding carboxylic acids is 2. The van der Waals surface area contributed by atoms with Crippen molar-refractivity contribution < 1.29 is 9.59 Å². The molecule has 1 N–H and O–H groups in total. The van der Waals surface area contributed by atoms with Gasteiger partial charge in [-0.15, -0.1) is 0 Å². The predicted octanol–water partition coefficient (Wildman–Crippen LogP) is 2.42. The van der Waals surface area contributed by atoms with Gasteiger partial charge in [0.05, 0.1) is 0 Å². The van der Waals surface area contributed by atoms with E-state index in [4.69, 9.17) is 0 Å². The molecule has 2 rings (SSSR count). The zero-order valence-electron chi connectivity index (χ0n) is 13.6. The molecule has 21 heavy (non-hydrogen) atoms. The Labute approximate surface area is 132 Å². The lowest BCUT2D eigenvalue weighted by atomic mass is 9.88. The molecule has 5 heteroatoms. The molecular weight excluding hydrogens is 284 g/mol. The third-order valence-corrected chi connectivity index (χ3v) is 5.90. The molecule has 4 nitrogen and oxygen atoms in total. The van der Waals surface area contributed by atoms with Crippen molar-refractivity contribution in [3.8, 4) is 0 Å². The van der Waals surface area contributed by atoms with E-state index in [9.17, 15) is 9.59 Å². The normalized spacial score (nSPS) is 34.2. The van der Waals surface area contributed by atoms with Gasteiger partial charge in [-0.05, 0) is 37.9 Å². The van der Waals surface area contributed by atoms with E-state index in [1.54, 1.807) is 0 Å². The van der Waals surface area contributed by atoms with Gasteiger partial charge in [0.1, 0.15) is 12.1 Å². The number of piperazine rings is 1. The maximum atomic E-state index is 12.8. The van der Waals surface area contributed by atoms with E-state index in [2.05, 4.69) is 11.6 Å². The summed E-state index contributed by atoms with van der Waals surface area (Å²) in [4.78, 5) is 27.2. The first-order valence-electron chi connectivity index (χ1n) is 8.14. The van der Waals surface area contributed by atoms with Crippen LogP contribution in [0.4, 0.5) is 0 Å². The van der Waals surface area contributed by atoms with Gasteiger partial charge in [-0.2, -0.15) is 11.8 Å². The van der Waals surface area contributed by atoms with E-state index in [-0.39, 0.29) is 35.9 Å². The van der Waals surface area contributed by atoms with Crippen molar-refractivity contribution in [2.24, 2.45) is 5.92 Å². The summed E-state index contributed by atoms with van der Waals surface area (Å²) < 4.78 is 0. The Morgan fingerprint density at radius 2 is 2.05 bits per heavy atom. The zero-order valence-corrected chi connectivity index (χ0v) is 14.4. The number of hydrogen-bond donors (Lipinski definition) is 1. The summed E-state index contributed by atoms with van der Waals surface area (Å²) in [6.45, 7) is 6.03. The van der Waals surface area contributed by atoms with Gasteiger partial charge < -0.3 is 10.2 Å². The highest BCUT2D eigenvalue weighted by atomic mass is 32.2. The Morgan fingerprint density at radius 3 is 2.62 bits per heavy atom. The molecule has 1 aliphatic carbocycles. The molecule has 4 atom stereocenters. The first kappa shape index (κ1) is 16.7. The average molecular weight is 312 g/mol. The minimum Gasteiger partial charge on any atom is -0.343 e. The first-order valence-corrected chi connectivity index (χ1v) is 9.43. The van der Waals surface area contributed by atoms with Gasteiger partial charge >= 0.3 is 0 Å². The molecule has 0 aromatic carbocycles. The minimum absolute atomic E-state index is 0.0303. The highest BCUT2D eigenvalue weighted by Crippen LogP contribution is 2.33. The molecule has 0 radical (unpaired) electrons. The van der Waals surface area contributed by atoms with Crippen molar-refractivity contribution in [3.05, 3.63) is 0 Å². The second-order valence-electron chi connectivity index (χ2n) is 6.58. The largest absolute Gasteiger partial charge is 0.343 e. The van der Waals surface area contributed by atoms with Crippen LogP contribution < -0.4 is 5.32 Å². The van der Waals surface area contributed by atoms with Crippen LogP contribution in [-0.4, -0.2) is 46.3 Å². The zero-order chi connectivity index (χ0) is 15.6. The maximum absolute atomic E-state index is 12.8. The Morgan fingerprint density at radius 1 is 1.33 bits per heavy atom. The quantitative estimate of drug-likeness (QED) is 0.867. The summed E-state index contributed by atoms with van der Waals surface area (Å²) in [6, 6.07) is -0.399. The minimum atomic E-state index is -0.331. The molecule has 2 aliphatic rings. The van der Waals surface area contributed by atoms with Crippen LogP contribution in [0.25, 0.3) is 0 Å². The number of thioether (sulfide) groups is 1. The molecule has 4 unspecified atom stereocenters. The van der Waals surface area contributed by atoms with Crippen molar-refractivity contribution in [1.29, 1.82) is 0 Å². The van der Waals surface area contributed by atoms with Gasteiger partial charge in [0.25, 0.3) is 0 Å². The SMILES string of the molecule is CCC1NC(=O)C(C(C)C)N(C2CCCC(SC)C2)C1=O. The van der Waals surface area contributed by atoms with Gasteiger partial charge in [-0.25, -0.2) is 0 Å². The lowest BCUT2D eigenvalue weighted by Crippen LogP contribution is -2.67. The molecule has 2 amide bonds. The Hall–Kier alpha value is -0.710.